The lowest BCUT2D eigenvalue weighted by Gasteiger charge is -2.21. The van der Waals surface area contributed by atoms with Gasteiger partial charge in [-0.2, -0.15) is 0 Å². The summed E-state index contributed by atoms with van der Waals surface area (Å²) in [4.78, 5) is 6.54. The van der Waals surface area contributed by atoms with Crippen LogP contribution in [0, 0.1) is 5.92 Å². The number of anilines is 1. The molecule has 2 rings (SSSR count). The van der Waals surface area contributed by atoms with Crippen LogP contribution < -0.4 is 10.6 Å². The van der Waals surface area contributed by atoms with E-state index in [1.165, 1.54) is 17.7 Å². The third kappa shape index (κ3) is 2.33. The van der Waals surface area contributed by atoms with Gasteiger partial charge in [0.05, 0.1) is 18.5 Å². The van der Waals surface area contributed by atoms with Crippen molar-refractivity contribution in [2.45, 2.75) is 13.0 Å². The Bertz CT molecular complexity index is 343. The van der Waals surface area contributed by atoms with Gasteiger partial charge < -0.3 is 15.4 Å². The van der Waals surface area contributed by atoms with Crippen LogP contribution in [-0.2, 0) is 11.3 Å². The van der Waals surface area contributed by atoms with Crippen LogP contribution in [-0.4, -0.2) is 31.8 Å². The van der Waals surface area contributed by atoms with Crippen molar-refractivity contribution in [3.05, 3.63) is 24.0 Å². The lowest BCUT2D eigenvalue weighted by Crippen LogP contribution is -2.23. The number of pyridine rings is 1. The molecule has 1 aromatic heterocycles. The number of hydrogen-bond donors (Lipinski definition) is 1. The first-order valence-corrected chi connectivity index (χ1v) is 5.72. The highest BCUT2D eigenvalue weighted by Crippen LogP contribution is 2.26. The van der Waals surface area contributed by atoms with Gasteiger partial charge in [0.15, 0.2) is 0 Å². The van der Waals surface area contributed by atoms with Gasteiger partial charge in [0.25, 0.3) is 0 Å². The molecule has 0 amide bonds. The zero-order valence-corrected chi connectivity index (χ0v) is 9.72. The van der Waals surface area contributed by atoms with Crippen molar-refractivity contribution >= 4 is 5.69 Å². The van der Waals surface area contributed by atoms with Crippen molar-refractivity contribution in [2.24, 2.45) is 11.7 Å². The fourth-order valence-corrected chi connectivity index (χ4v) is 2.30. The Morgan fingerprint density at radius 1 is 1.62 bits per heavy atom. The maximum atomic E-state index is 5.73. The molecule has 1 aromatic rings. The van der Waals surface area contributed by atoms with Crippen molar-refractivity contribution in [1.29, 1.82) is 0 Å². The zero-order valence-electron chi connectivity index (χ0n) is 9.72. The van der Waals surface area contributed by atoms with Crippen LogP contribution >= 0.6 is 0 Å². The standard InChI is InChI=1S/C12H19N3O/c1-16-9-10-3-5-15(8-10)12-7-14-4-2-11(12)6-13/h2,4,7,10H,3,5-6,8-9,13H2,1H3. The highest BCUT2D eigenvalue weighted by molar-refractivity contribution is 5.52. The van der Waals surface area contributed by atoms with Gasteiger partial charge in [-0.3, -0.25) is 4.98 Å². The maximum Gasteiger partial charge on any atom is 0.0598 e. The molecule has 4 heteroatoms. The molecule has 0 radical (unpaired) electrons. The smallest absolute Gasteiger partial charge is 0.0598 e. The molecule has 1 saturated heterocycles. The number of methoxy groups -OCH3 is 1. The minimum absolute atomic E-state index is 0.573. The van der Waals surface area contributed by atoms with E-state index in [1.54, 1.807) is 13.3 Å². The van der Waals surface area contributed by atoms with Gasteiger partial charge in [-0.05, 0) is 18.1 Å². The number of nitrogens with zero attached hydrogens (tertiary/aromatic N) is 2. The highest BCUT2D eigenvalue weighted by atomic mass is 16.5. The van der Waals surface area contributed by atoms with Crippen molar-refractivity contribution in [2.75, 3.05) is 31.7 Å². The summed E-state index contributed by atoms with van der Waals surface area (Å²) in [6.07, 6.45) is 4.90. The van der Waals surface area contributed by atoms with E-state index in [4.69, 9.17) is 10.5 Å². The van der Waals surface area contributed by atoms with Gasteiger partial charge in [0, 0.05) is 38.9 Å². The first-order valence-electron chi connectivity index (χ1n) is 5.72. The van der Waals surface area contributed by atoms with Crippen LogP contribution in [0.15, 0.2) is 18.5 Å². The number of hydrogen-bond acceptors (Lipinski definition) is 4. The van der Waals surface area contributed by atoms with E-state index >= 15 is 0 Å². The first-order chi connectivity index (χ1) is 7.85. The predicted octanol–water partition coefficient (Wildman–Crippen LogP) is 1.01. The van der Waals surface area contributed by atoms with Crippen molar-refractivity contribution < 1.29 is 4.74 Å². The highest BCUT2D eigenvalue weighted by Gasteiger charge is 2.23. The number of aromatic nitrogens is 1. The van der Waals surface area contributed by atoms with Crippen LogP contribution in [0.4, 0.5) is 5.69 Å². The van der Waals surface area contributed by atoms with Crippen LogP contribution in [0.3, 0.4) is 0 Å². The Kier molecular flexibility index (Phi) is 3.74. The summed E-state index contributed by atoms with van der Waals surface area (Å²) in [5.41, 5.74) is 8.09. The molecule has 1 aliphatic rings. The second kappa shape index (κ2) is 5.27. The molecular formula is C12H19N3O. The average Bonchev–Trinajstić information content (AvgIpc) is 2.78. The number of rotatable bonds is 4. The van der Waals surface area contributed by atoms with Crippen molar-refractivity contribution in [1.82, 2.24) is 4.98 Å². The van der Waals surface area contributed by atoms with Crippen LogP contribution in [0.2, 0.25) is 0 Å². The summed E-state index contributed by atoms with van der Waals surface area (Å²) in [7, 11) is 1.76. The lowest BCUT2D eigenvalue weighted by atomic mass is 10.1. The Morgan fingerprint density at radius 2 is 2.50 bits per heavy atom. The second-order valence-electron chi connectivity index (χ2n) is 4.26. The van der Waals surface area contributed by atoms with E-state index in [1.807, 2.05) is 12.3 Å². The molecule has 1 atom stereocenters. The monoisotopic (exact) mass is 221 g/mol. The molecular weight excluding hydrogens is 202 g/mol. The fourth-order valence-electron chi connectivity index (χ4n) is 2.30. The van der Waals surface area contributed by atoms with Gasteiger partial charge in [0.1, 0.15) is 0 Å². The molecule has 0 saturated carbocycles. The first kappa shape index (κ1) is 11.4. The second-order valence-corrected chi connectivity index (χ2v) is 4.26. The van der Waals surface area contributed by atoms with E-state index < -0.39 is 0 Å². The Hall–Kier alpha value is -1.13. The van der Waals surface area contributed by atoms with Gasteiger partial charge in [-0.25, -0.2) is 0 Å². The quantitative estimate of drug-likeness (QED) is 0.824. The fraction of sp³-hybridized carbons (Fsp3) is 0.583. The van der Waals surface area contributed by atoms with Gasteiger partial charge in [0.2, 0.25) is 0 Å². The van der Waals surface area contributed by atoms with E-state index in [0.29, 0.717) is 12.5 Å². The SMILES string of the molecule is COCC1CCN(c2cnccc2CN)C1. The normalized spacial score (nSPS) is 20.4. The number of nitrogens with two attached hydrogens (primary N) is 1. The van der Waals surface area contributed by atoms with Crippen molar-refractivity contribution in [3.8, 4) is 0 Å². The zero-order chi connectivity index (χ0) is 11.4. The Labute approximate surface area is 96.4 Å². The molecule has 2 heterocycles. The van der Waals surface area contributed by atoms with Crippen LogP contribution in [0.5, 0.6) is 0 Å². The molecule has 4 nitrogen and oxygen atoms in total. The third-order valence-electron chi connectivity index (χ3n) is 3.14. The third-order valence-corrected chi connectivity index (χ3v) is 3.14. The summed E-state index contributed by atoms with van der Waals surface area (Å²) in [6.45, 7) is 3.54. The Morgan fingerprint density at radius 3 is 3.25 bits per heavy atom. The molecule has 1 unspecified atom stereocenters. The predicted molar refractivity (Wildman–Crippen MR) is 64.3 cm³/mol. The molecule has 0 spiro atoms. The summed E-state index contributed by atoms with van der Waals surface area (Å²) in [5.74, 6) is 0.635. The van der Waals surface area contributed by atoms with Crippen LogP contribution in [0.1, 0.15) is 12.0 Å². The van der Waals surface area contributed by atoms with E-state index in [2.05, 4.69) is 9.88 Å². The van der Waals surface area contributed by atoms with E-state index in [9.17, 15) is 0 Å². The topological polar surface area (TPSA) is 51.4 Å². The largest absolute Gasteiger partial charge is 0.384 e. The van der Waals surface area contributed by atoms with Crippen LogP contribution in [0.25, 0.3) is 0 Å². The molecule has 1 fully saturated rings. The van der Waals surface area contributed by atoms with E-state index in [-0.39, 0.29) is 0 Å². The summed E-state index contributed by atoms with van der Waals surface area (Å²) >= 11 is 0. The Balaban J connectivity index is 2.08. The molecule has 0 bridgehead atoms. The summed E-state index contributed by atoms with van der Waals surface area (Å²) < 4.78 is 5.20. The van der Waals surface area contributed by atoms with Gasteiger partial charge in [-0.15, -0.1) is 0 Å². The minimum Gasteiger partial charge on any atom is -0.384 e. The molecule has 0 aliphatic carbocycles. The maximum absolute atomic E-state index is 5.73. The molecule has 88 valence electrons. The summed E-state index contributed by atoms with van der Waals surface area (Å²) in [6, 6.07) is 2.00. The van der Waals surface area contributed by atoms with Gasteiger partial charge in [-0.1, -0.05) is 0 Å². The minimum atomic E-state index is 0.573. The van der Waals surface area contributed by atoms with Crippen molar-refractivity contribution in [3.63, 3.8) is 0 Å². The van der Waals surface area contributed by atoms with Gasteiger partial charge >= 0.3 is 0 Å². The number of ether oxygens (including phenoxy) is 1. The molecule has 1 aliphatic heterocycles. The average molecular weight is 221 g/mol. The summed E-state index contributed by atoms with van der Waals surface area (Å²) in [5, 5.41) is 0. The molecule has 2 N–H and O–H groups in total. The molecule has 16 heavy (non-hydrogen) atoms. The van der Waals surface area contributed by atoms with E-state index in [0.717, 1.165) is 19.7 Å². The molecule has 0 aromatic carbocycles. The lowest BCUT2D eigenvalue weighted by molar-refractivity contribution is 0.161.